The van der Waals surface area contributed by atoms with Gasteiger partial charge in [-0.2, -0.15) is 0 Å². The normalized spacial score (nSPS) is 28.2. The number of rotatable bonds is 0. The SMILES string of the molecule is CC1(C)NC(=S)C(C)(C)[NH2+]1. The van der Waals surface area contributed by atoms with E-state index in [-0.39, 0.29) is 11.2 Å². The van der Waals surface area contributed by atoms with Crippen molar-refractivity contribution in [2.45, 2.75) is 38.9 Å². The monoisotopic (exact) mass is 159 g/mol. The molecule has 1 fully saturated rings. The zero-order valence-electron chi connectivity index (χ0n) is 6.99. The molecule has 1 aliphatic rings. The average molecular weight is 159 g/mol. The summed E-state index contributed by atoms with van der Waals surface area (Å²) in [7, 11) is 0. The van der Waals surface area contributed by atoms with Crippen molar-refractivity contribution in [3.63, 3.8) is 0 Å². The lowest BCUT2D eigenvalue weighted by Gasteiger charge is -2.18. The van der Waals surface area contributed by atoms with Gasteiger partial charge in [-0.15, -0.1) is 0 Å². The van der Waals surface area contributed by atoms with E-state index in [9.17, 15) is 0 Å². The first kappa shape index (κ1) is 7.95. The fourth-order valence-corrected chi connectivity index (χ4v) is 1.78. The van der Waals surface area contributed by atoms with Gasteiger partial charge in [-0.1, -0.05) is 12.2 Å². The van der Waals surface area contributed by atoms with E-state index in [0.717, 1.165) is 4.99 Å². The minimum absolute atomic E-state index is 0.0822. The molecule has 0 aromatic rings. The van der Waals surface area contributed by atoms with Gasteiger partial charge >= 0.3 is 0 Å². The first-order valence-electron chi connectivity index (χ1n) is 3.53. The molecule has 0 bridgehead atoms. The van der Waals surface area contributed by atoms with Gasteiger partial charge in [0.05, 0.1) is 0 Å². The minimum atomic E-state index is 0.0822. The molecule has 0 saturated carbocycles. The molecule has 0 atom stereocenters. The van der Waals surface area contributed by atoms with Crippen LogP contribution in [0.1, 0.15) is 27.7 Å². The molecular weight excluding hydrogens is 144 g/mol. The zero-order valence-corrected chi connectivity index (χ0v) is 7.80. The second-order valence-corrected chi connectivity index (χ2v) is 4.45. The lowest BCUT2D eigenvalue weighted by atomic mass is 10.1. The zero-order chi connectivity index (χ0) is 7.99. The Bertz CT molecular complexity index is 172. The van der Waals surface area contributed by atoms with Crippen LogP contribution in [0.4, 0.5) is 0 Å². The van der Waals surface area contributed by atoms with Crippen LogP contribution in [-0.2, 0) is 0 Å². The fourth-order valence-electron chi connectivity index (χ4n) is 1.46. The van der Waals surface area contributed by atoms with Gasteiger partial charge in [-0.05, 0) is 13.8 Å². The van der Waals surface area contributed by atoms with Gasteiger partial charge in [-0.3, -0.25) is 0 Å². The van der Waals surface area contributed by atoms with Crippen molar-refractivity contribution in [3.05, 3.63) is 0 Å². The van der Waals surface area contributed by atoms with Crippen molar-refractivity contribution in [1.82, 2.24) is 5.32 Å². The third-order valence-electron chi connectivity index (χ3n) is 1.74. The molecule has 0 aliphatic carbocycles. The summed E-state index contributed by atoms with van der Waals surface area (Å²) < 4.78 is 0. The summed E-state index contributed by atoms with van der Waals surface area (Å²) in [5.74, 6) is 0. The topological polar surface area (TPSA) is 28.6 Å². The fraction of sp³-hybridized carbons (Fsp3) is 0.857. The van der Waals surface area contributed by atoms with Crippen molar-refractivity contribution in [3.8, 4) is 0 Å². The summed E-state index contributed by atoms with van der Waals surface area (Å²) in [6.45, 7) is 8.54. The first-order chi connectivity index (χ1) is 4.33. The Morgan fingerprint density at radius 2 is 1.80 bits per heavy atom. The molecule has 1 aliphatic heterocycles. The van der Waals surface area contributed by atoms with Crippen LogP contribution in [0.5, 0.6) is 0 Å². The molecule has 3 N–H and O–H groups in total. The van der Waals surface area contributed by atoms with Crippen molar-refractivity contribution < 1.29 is 5.32 Å². The third kappa shape index (κ3) is 1.30. The summed E-state index contributed by atoms with van der Waals surface area (Å²) >= 11 is 5.16. The summed E-state index contributed by atoms with van der Waals surface area (Å²) in [5.41, 5.74) is 0.166. The smallest absolute Gasteiger partial charge is 0.164 e. The highest BCUT2D eigenvalue weighted by Gasteiger charge is 2.43. The molecule has 0 spiro atoms. The van der Waals surface area contributed by atoms with Crippen LogP contribution in [0.3, 0.4) is 0 Å². The van der Waals surface area contributed by atoms with E-state index >= 15 is 0 Å². The highest BCUT2D eigenvalue weighted by molar-refractivity contribution is 7.80. The maximum atomic E-state index is 5.16. The summed E-state index contributed by atoms with van der Waals surface area (Å²) in [4.78, 5) is 0.956. The number of thiocarbonyl (C=S) groups is 1. The molecular formula is C7H15N2S+. The van der Waals surface area contributed by atoms with Gasteiger partial charge in [0.1, 0.15) is 10.5 Å². The quantitative estimate of drug-likeness (QED) is 0.487. The third-order valence-corrected chi connectivity index (χ3v) is 2.37. The maximum absolute atomic E-state index is 5.16. The van der Waals surface area contributed by atoms with Gasteiger partial charge in [0, 0.05) is 13.8 Å². The molecule has 3 heteroatoms. The standard InChI is InChI=1S/C7H14N2S/c1-6(2)5(10)8-7(3,4)9-6/h9H,1-4H3,(H,8,10)/p+1. The average Bonchev–Trinajstić information content (AvgIpc) is 1.73. The summed E-state index contributed by atoms with van der Waals surface area (Å²) in [6.07, 6.45) is 0. The largest absolute Gasteiger partial charge is 0.324 e. The molecule has 0 aromatic carbocycles. The van der Waals surface area contributed by atoms with Crippen LogP contribution in [0, 0.1) is 0 Å². The number of hydrogen-bond donors (Lipinski definition) is 2. The number of quaternary nitrogens is 1. The van der Waals surface area contributed by atoms with Gasteiger partial charge in [0.25, 0.3) is 0 Å². The molecule has 2 nitrogen and oxygen atoms in total. The lowest BCUT2D eigenvalue weighted by molar-refractivity contribution is -0.752. The number of nitrogens with one attached hydrogen (secondary N) is 1. The highest BCUT2D eigenvalue weighted by atomic mass is 32.1. The van der Waals surface area contributed by atoms with E-state index in [1.165, 1.54) is 0 Å². The van der Waals surface area contributed by atoms with Gasteiger partial charge in [0.2, 0.25) is 0 Å². The van der Waals surface area contributed by atoms with Gasteiger partial charge < -0.3 is 10.6 Å². The van der Waals surface area contributed by atoms with Crippen molar-refractivity contribution in [1.29, 1.82) is 0 Å². The van der Waals surface area contributed by atoms with Crippen LogP contribution >= 0.6 is 12.2 Å². The molecule has 0 amide bonds. The maximum Gasteiger partial charge on any atom is 0.164 e. The summed E-state index contributed by atoms with van der Waals surface area (Å²) in [6, 6.07) is 0. The van der Waals surface area contributed by atoms with E-state index < -0.39 is 0 Å². The molecule has 0 aromatic heterocycles. The van der Waals surface area contributed by atoms with Crippen molar-refractivity contribution in [2.75, 3.05) is 0 Å². The van der Waals surface area contributed by atoms with Crippen molar-refractivity contribution >= 4 is 17.2 Å². The molecule has 10 heavy (non-hydrogen) atoms. The number of hydrogen-bond acceptors (Lipinski definition) is 1. The van der Waals surface area contributed by atoms with Crippen LogP contribution in [0.2, 0.25) is 0 Å². The van der Waals surface area contributed by atoms with E-state index in [1.807, 2.05) is 0 Å². The van der Waals surface area contributed by atoms with Gasteiger partial charge in [0.15, 0.2) is 5.66 Å². The Morgan fingerprint density at radius 3 is 1.90 bits per heavy atom. The van der Waals surface area contributed by atoms with Crippen LogP contribution in [0.15, 0.2) is 0 Å². The molecule has 0 unspecified atom stereocenters. The van der Waals surface area contributed by atoms with Gasteiger partial charge in [-0.25, -0.2) is 0 Å². The Kier molecular flexibility index (Phi) is 1.53. The van der Waals surface area contributed by atoms with Crippen LogP contribution < -0.4 is 10.6 Å². The molecule has 1 rings (SSSR count). The Hall–Kier alpha value is -0.150. The van der Waals surface area contributed by atoms with Crippen LogP contribution in [-0.4, -0.2) is 16.2 Å². The van der Waals surface area contributed by atoms with E-state index in [1.54, 1.807) is 0 Å². The lowest BCUT2D eigenvalue weighted by Crippen LogP contribution is -3.01. The minimum Gasteiger partial charge on any atom is -0.324 e. The second kappa shape index (κ2) is 1.92. The van der Waals surface area contributed by atoms with Crippen LogP contribution in [0.25, 0.3) is 0 Å². The second-order valence-electron chi connectivity index (χ2n) is 4.04. The first-order valence-corrected chi connectivity index (χ1v) is 3.94. The molecule has 1 saturated heterocycles. The Balaban J connectivity index is 2.81. The summed E-state index contributed by atoms with van der Waals surface area (Å²) in [5, 5.41) is 5.51. The predicted molar refractivity (Wildman–Crippen MR) is 45.8 cm³/mol. The Labute approximate surface area is 67.4 Å². The number of nitrogens with two attached hydrogens (primary N) is 1. The predicted octanol–water partition coefficient (Wildman–Crippen LogP) is -0.00490. The Morgan fingerprint density at radius 1 is 1.30 bits per heavy atom. The van der Waals surface area contributed by atoms with Crippen molar-refractivity contribution in [2.24, 2.45) is 0 Å². The van der Waals surface area contributed by atoms with E-state index in [0.29, 0.717) is 0 Å². The molecule has 58 valence electrons. The molecule has 0 radical (unpaired) electrons. The van der Waals surface area contributed by atoms with E-state index in [2.05, 4.69) is 38.3 Å². The molecule has 1 heterocycles. The van der Waals surface area contributed by atoms with E-state index in [4.69, 9.17) is 12.2 Å². The highest BCUT2D eigenvalue weighted by Crippen LogP contribution is 2.08.